The molecule has 2 heterocycles. The van der Waals surface area contributed by atoms with Crippen molar-refractivity contribution in [3.05, 3.63) is 64.8 Å². The number of nitrogens with zero attached hydrogens (tertiary/aromatic N) is 1. The molecule has 0 bridgehead atoms. The summed E-state index contributed by atoms with van der Waals surface area (Å²) >= 11 is 0. The average Bonchev–Trinajstić information content (AvgIpc) is 3.38. The number of piperidine rings is 1. The molecule has 1 spiro atoms. The molecule has 3 aromatic rings. The third-order valence-corrected chi connectivity index (χ3v) is 8.39. The summed E-state index contributed by atoms with van der Waals surface area (Å²) in [7, 11) is 1.67. The Balaban J connectivity index is 1.44. The Kier molecular flexibility index (Phi) is 7.13. The molecule has 0 radical (unpaired) electrons. The van der Waals surface area contributed by atoms with Gasteiger partial charge in [0.25, 0.3) is 5.91 Å². The van der Waals surface area contributed by atoms with Crippen molar-refractivity contribution >= 4 is 22.8 Å². The van der Waals surface area contributed by atoms with Crippen LogP contribution in [0.2, 0.25) is 0 Å². The molecule has 9 heteroatoms. The minimum atomic E-state index is -2.28. The number of likely N-dealkylation sites (tertiary alicyclic amines) is 1. The molecule has 2 fully saturated rings. The number of ether oxygens (including phenoxy) is 1. The van der Waals surface area contributed by atoms with E-state index in [0.29, 0.717) is 24.9 Å². The van der Waals surface area contributed by atoms with E-state index in [9.17, 15) is 18.4 Å². The van der Waals surface area contributed by atoms with Crippen LogP contribution in [0.1, 0.15) is 58.8 Å². The molecule has 1 atom stereocenters. The predicted octanol–water partition coefficient (Wildman–Crippen LogP) is 5.30. The Labute approximate surface area is 220 Å². The summed E-state index contributed by atoms with van der Waals surface area (Å²) in [5.74, 6) is -1.27. The standard InChI is InChI=1S/C29H33F2N3O4/c1-17-11-24(38-2)22(21-7-9-32-26(17)21)16-34-10-8-29(12-20(13-29)27(30)31)14-23(34)18-3-5-19(6-4-18)28(37)33-15-25(35)36/h3-7,9,11,20,23,27,32H,8,10,12-16H2,1-2H3,(H,33,37)(H,35,36). The number of alkyl halides is 2. The second kappa shape index (κ2) is 10.4. The van der Waals surface area contributed by atoms with E-state index in [2.05, 4.69) is 21.3 Å². The molecule has 3 N–H and O–H groups in total. The Morgan fingerprint density at radius 1 is 1.21 bits per heavy atom. The van der Waals surface area contributed by atoms with E-state index in [0.717, 1.165) is 52.7 Å². The van der Waals surface area contributed by atoms with Crippen molar-refractivity contribution in [2.75, 3.05) is 20.2 Å². The minimum absolute atomic E-state index is 0.0153. The number of nitrogens with one attached hydrogen (secondary N) is 2. The van der Waals surface area contributed by atoms with Crippen LogP contribution in [-0.4, -0.2) is 53.5 Å². The number of carbonyl (C=O) groups excluding carboxylic acids is 1. The normalized spacial score (nSPS) is 23.5. The highest BCUT2D eigenvalue weighted by Gasteiger charge is 2.51. The number of carboxylic acid groups (broad SMARTS) is 1. The number of hydrogen-bond acceptors (Lipinski definition) is 4. The second-order valence-electron chi connectivity index (χ2n) is 10.8. The lowest BCUT2D eigenvalue weighted by molar-refractivity contribution is -0.135. The first-order valence-corrected chi connectivity index (χ1v) is 13.0. The van der Waals surface area contributed by atoms with Gasteiger partial charge in [0.05, 0.1) is 7.11 Å². The van der Waals surface area contributed by atoms with Gasteiger partial charge in [0.15, 0.2) is 0 Å². The van der Waals surface area contributed by atoms with Crippen LogP contribution in [-0.2, 0) is 11.3 Å². The van der Waals surface area contributed by atoms with Crippen LogP contribution in [0, 0.1) is 18.3 Å². The number of halogens is 2. The van der Waals surface area contributed by atoms with Crippen molar-refractivity contribution in [2.45, 2.75) is 51.6 Å². The van der Waals surface area contributed by atoms with Crippen LogP contribution in [0.3, 0.4) is 0 Å². The predicted molar refractivity (Wildman–Crippen MR) is 140 cm³/mol. The highest BCUT2D eigenvalue weighted by atomic mass is 19.3. The number of carbonyl (C=O) groups is 2. The summed E-state index contributed by atoms with van der Waals surface area (Å²) < 4.78 is 32.5. The molecule has 202 valence electrons. The first kappa shape index (κ1) is 26.2. The number of amides is 1. The van der Waals surface area contributed by atoms with Gasteiger partial charge in [0.2, 0.25) is 6.43 Å². The topological polar surface area (TPSA) is 94.7 Å². The fourth-order valence-electron chi connectivity index (χ4n) is 6.40. The number of aryl methyl sites for hydroxylation is 1. The number of rotatable bonds is 8. The van der Waals surface area contributed by atoms with Crippen LogP contribution in [0.15, 0.2) is 42.6 Å². The zero-order valence-corrected chi connectivity index (χ0v) is 21.6. The van der Waals surface area contributed by atoms with E-state index in [1.807, 2.05) is 31.3 Å². The zero-order valence-electron chi connectivity index (χ0n) is 21.6. The summed E-state index contributed by atoms with van der Waals surface area (Å²) in [5.41, 5.74) is 4.54. The van der Waals surface area contributed by atoms with E-state index < -0.39 is 30.8 Å². The molecule has 1 unspecified atom stereocenters. The maximum Gasteiger partial charge on any atom is 0.322 e. The third-order valence-electron chi connectivity index (χ3n) is 8.39. The third kappa shape index (κ3) is 4.99. The Morgan fingerprint density at radius 3 is 2.61 bits per heavy atom. The summed E-state index contributed by atoms with van der Waals surface area (Å²) in [5, 5.41) is 12.3. The fraction of sp³-hybridized carbons (Fsp3) is 0.448. The molecule has 1 aliphatic carbocycles. The summed E-state index contributed by atoms with van der Waals surface area (Å²) in [6.07, 6.45) is 2.37. The Hall–Kier alpha value is -3.46. The van der Waals surface area contributed by atoms with Crippen molar-refractivity contribution in [1.82, 2.24) is 15.2 Å². The van der Waals surface area contributed by atoms with Gasteiger partial charge in [0, 0.05) is 46.7 Å². The van der Waals surface area contributed by atoms with Crippen LogP contribution < -0.4 is 10.1 Å². The highest BCUT2D eigenvalue weighted by molar-refractivity contribution is 5.95. The number of methoxy groups -OCH3 is 1. The molecular weight excluding hydrogens is 492 g/mol. The van der Waals surface area contributed by atoms with Gasteiger partial charge in [-0.1, -0.05) is 12.1 Å². The largest absolute Gasteiger partial charge is 0.496 e. The van der Waals surface area contributed by atoms with Gasteiger partial charge >= 0.3 is 5.97 Å². The van der Waals surface area contributed by atoms with E-state index in [-0.39, 0.29) is 11.5 Å². The highest BCUT2D eigenvalue weighted by Crippen LogP contribution is 2.58. The number of aromatic nitrogens is 1. The number of carboxylic acids is 1. The molecule has 1 aromatic heterocycles. The summed E-state index contributed by atoms with van der Waals surface area (Å²) in [6, 6.07) is 11.3. The first-order valence-electron chi connectivity index (χ1n) is 13.0. The minimum Gasteiger partial charge on any atom is -0.496 e. The number of H-pyrrole nitrogens is 1. The van der Waals surface area contributed by atoms with Crippen molar-refractivity contribution in [3.8, 4) is 5.75 Å². The molecule has 1 aliphatic heterocycles. The quantitative estimate of drug-likeness (QED) is 0.371. The molecule has 5 rings (SSSR count). The van der Waals surface area contributed by atoms with E-state index in [4.69, 9.17) is 9.84 Å². The molecule has 1 saturated carbocycles. The zero-order chi connectivity index (χ0) is 27.0. The van der Waals surface area contributed by atoms with Crippen molar-refractivity contribution < 1.29 is 28.2 Å². The molecule has 2 aliphatic rings. The van der Waals surface area contributed by atoms with Crippen LogP contribution in [0.4, 0.5) is 8.78 Å². The number of benzene rings is 2. The monoisotopic (exact) mass is 525 g/mol. The lowest BCUT2D eigenvalue weighted by Crippen LogP contribution is -2.49. The van der Waals surface area contributed by atoms with Crippen LogP contribution in [0.25, 0.3) is 10.9 Å². The van der Waals surface area contributed by atoms with Crippen LogP contribution in [0.5, 0.6) is 5.75 Å². The molecule has 1 saturated heterocycles. The number of hydrogen-bond donors (Lipinski definition) is 3. The SMILES string of the molecule is COc1cc(C)c2[nH]ccc2c1CN1CCC2(CC(C(F)F)C2)CC1c1ccc(C(=O)NCC(=O)O)cc1. The van der Waals surface area contributed by atoms with Gasteiger partial charge in [0.1, 0.15) is 12.3 Å². The van der Waals surface area contributed by atoms with Crippen molar-refractivity contribution in [1.29, 1.82) is 0 Å². The molecular formula is C29H33F2N3O4. The van der Waals surface area contributed by atoms with Gasteiger partial charge in [-0.3, -0.25) is 14.5 Å². The van der Waals surface area contributed by atoms with Crippen LogP contribution >= 0.6 is 0 Å². The lowest BCUT2D eigenvalue weighted by Gasteiger charge is -2.55. The van der Waals surface area contributed by atoms with Gasteiger partial charge in [-0.15, -0.1) is 0 Å². The number of aromatic amines is 1. The Bertz CT molecular complexity index is 1330. The average molecular weight is 526 g/mol. The number of aliphatic carboxylic acids is 1. The maximum absolute atomic E-state index is 13.4. The van der Waals surface area contributed by atoms with Gasteiger partial charge < -0.3 is 20.1 Å². The fourth-order valence-corrected chi connectivity index (χ4v) is 6.40. The van der Waals surface area contributed by atoms with E-state index in [1.54, 1.807) is 19.2 Å². The molecule has 1 amide bonds. The molecule has 7 nitrogen and oxygen atoms in total. The van der Waals surface area contributed by atoms with Gasteiger partial charge in [-0.2, -0.15) is 0 Å². The Morgan fingerprint density at radius 2 is 1.95 bits per heavy atom. The smallest absolute Gasteiger partial charge is 0.322 e. The second-order valence-corrected chi connectivity index (χ2v) is 10.8. The first-order chi connectivity index (χ1) is 18.2. The molecule has 38 heavy (non-hydrogen) atoms. The molecule has 2 aromatic carbocycles. The van der Waals surface area contributed by atoms with E-state index >= 15 is 0 Å². The van der Waals surface area contributed by atoms with Crippen molar-refractivity contribution in [2.24, 2.45) is 11.3 Å². The number of fused-ring (bicyclic) bond motifs is 1. The van der Waals surface area contributed by atoms with Gasteiger partial charge in [-0.05, 0) is 80.0 Å². The van der Waals surface area contributed by atoms with Gasteiger partial charge in [-0.25, -0.2) is 8.78 Å². The summed E-state index contributed by atoms with van der Waals surface area (Å²) in [4.78, 5) is 28.8. The van der Waals surface area contributed by atoms with E-state index in [1.165, 1.54) is 0 Å². The summed E-state index contributed by atoms with van der Waals surface area (Å²) in [6.45, 7) is 3.00. The maximum atomic E-state index is 13.4. The lowest BCUT2D eigenvalue weighted by atomic mass is 9.56. The van der Waals surface area contributed by atoms with Crippen molar-refractivity contribution in [3.63, 3.8) is 0 Å².